The minimum Gasteiger partial charge on any atom is -0.322 e. The Morgan fingerprint density at radius 1 is 1.26 bits per heavy atom. The van der Waals surface area contributed by atoms with Crippen molar-refractivity contribution in [3.8, 4) is 0 Å². The summed E-state index contributed by atoms with van der Waals surface area (Å²) in [6.45, 7) is 3.74. The van der Waals surface area contributed by atoms with Gasteiger partial charge in [-0.15, -0.1) is 0 Å². The summed E-state index contributed by atoms with van der Waals surface area (Å²) in [5.74, 6) is -1.57. The molecule has 1 aromatic carbocycles. The molecule has 1 amide bonds. The average molecular weight is 340 g/mol. The molecule has 3 nitrogen and oxygen atoms in total. The van der Waals surface area contributed by atoms with Crippen LogP contribution in [-0.4, -0.2) is 22.8 Å². The summed E-state index contributed by atoms with van der Waals surface area (Å²) in [5.41, 5.74) is 2.61. The molecular weight excluding hydrogens is 325 g/mol. The van der Waals surface area contributed by atoms with Crippen molar-refractivity contribution in [3.63, 3.8) is 0 Å². The maximum atomic E-state index is 12.4. The number of benzene rings is 1. The van der Waals surface area contributed by atoms with E-state index in [0.717, 1.165) is 11.1 Å². The number of carbonyl (C=O) groups excluding carboxylic acids is 1. The van der Waals surface area contributed by atoms with Crippen molar-refractivity contribution >= 4 is 23.4 Å². The third kappa shape index (κ3) is 4.99. The second kappa shape index (κ2) is 7.04. The van der Waals surface area contributed by atoms with Crippen LogP contribution in [-0.2, 0) is 0 Å². The summed E-state index contributed by atoms with van der Waals surface area (Å²) in [4.78, 5) is 16.3. The molecule has 122 valence electrons. The molecule has 2 rings (SSSR count). The molecular formula is C16H15F3N2OS. The lowest BCUT2D eigenvalue weighted by atomic mass is 10.1. The number of hydrogen-bond acceptors (Lipinski definition) is 3. The summed E-state index contributed by atoms with van der Waals surface area (Å²) in [6, 6.07) is 8.58. The van der Waals surface area contributed by atoms with Crippen LogP contribution in [0.4, 0.5) is 18.9 Å². The quantitative estimate of drug-likeness (QED) is 0.827. The van der Waals surface area contributed by atoms with Crippen LogP contribution in [0.5, 0.6) is 0 Å². The van der Waals surface area contributed by atoms with Gasteiger partial charge in [0.25, 0.3) is 5.91 Å². The number of alkyl halides is 3. The monoisotopic (exact) mass is 340 g/mol. The SMILES string of the molecule is Cc1ccc(C)c(NC(=O)c2cccnc2SCC(F)(F)F)c1. The van der Waals surface area contributed by atoms with Gasteiger partial charge in [-0.05, 0) is 43.2 Å². The molecule has 1 aromatic heterocycles. The van der Waals surface area contributed by atoms with Crippen molar-refractivity contribution in [3.05, 3.63) is 53.2 Å². The summed E-state index contributed by atoms with van der Waals surface area (Å²) < 4.78 is 37.1. The number of hydrogen-bond donors (Lipinski definition) is 1. The van der Waals surface area contributed by atoms with Crippen LogP contribution in [0.2, 0.25) is 0 Å². The highest BCUT2D eigenvalue weighted by atomic mass is 32.2. The number of carbonyl (C=O) groups is 1. The minimum absolute atomic E-state index is 0.0626. The first kappa shape index (κ1) is 17.3. The van der Waals surface area contributed by atoms with Crippen LogP contribution >= 0.6 is 11.8 Å². The fourth-order valence-electron chi connectivity index (χ4n) is 1.89. The lowest BCUT2D eigenvalue weighted by Crippen LogP contribution is -2.16. The molecule has 7 heteroatoms. The standard InChI is InChI=1S/C16H15F3N2OS/c1-10-5-6-11(2)13(8-10)21-14(22)12-4-3-7-20-15(12)23-9-16(17,18)19/h3-8H,9H2,1-2H3,(H,21,22). The predicted octanol–water partition coefficient (Wildman–Crippen LogP) is 4.61. The van der Waals surface area contributed by atoms with E-state index in [0.29, 0.717) is 17.4 Å². The van der Waals surface area contributed by atoms with Crippen molar-refractivity contribution in [1.29, 1.82) is 0 Å². The van der Waals surface area contributed by atoms with Crippen LogP contribution in [0.15, 0.2) is 41.6 Å². The molecule has 0 aliphatic heterocycles. The van der Waals surface area contributed by atoms with E-state index in [1.165, 1.54) is 18.3 Å². The minimum atomic E-state index is -4.32. The van der Waals surface area contributed by atoms with Gasteiger partial charge in [0.05, 0.1) is 11.3 Å². The van der Waals surface area contributed by atoms with Gasteiger partial charge < -0.3 is 5.32 Å². The molecule has 0 radical (unpaired) electrons. The van der Waals surface area contributed by atoms with Crippen LogP contribution < -0.4 is 5.32 Å². The number of pyridine rings is 1. The van der Waals surface area contributed by atoms with E-state index in [2.05, 4.69) is 10.3 Å². The normalized spacial score (nSPS) is 11.3. The predicted molar refractivity (Wildman–Crippen MR) is 84.9 cm³/mol. The van der Waals surface area contributed by atoms with Gasteiger partial charge in [-0.25, -0.2) is 4.98 Å². The highest BCUT2D eigenvalue weighted by molar-refractivity contribution is 7.99. The van der Waals surface area contributed by atoms with Gasteiger partial charge in [0.2, 0.25) is 0 Å². The van der Waals surface area contributed by atoms with Gasteiger partial charge in [-0.2, -0.15) is 13.2 Å². The van der Waals surface area contributed by atoms with Crippen molar-refractivity contribution in [1.82, 2.24) is 4.98 Å². The number of aryl methyl sites for hydroxylation is 2. The van der Waals surface area contributed by atoms with Crippen LogP contribution in [0.25, 0.3) is 0 Å². The largest absolute Gasteiger partial charge is 0.398 e. The number of nitrogens with zero attached hydrogens (tertiary/aromatic N) is 1. The Morgan fingerprint density at radius 2 is 2.00 bits per heavy atom. The number of anilines is 1. The molecule has 0 spiro atoms. The third-order valence-electron chi connectivity index (χ3n) is 3.03. The zero-order valence-electron chi connectivity index (χ0n) is 12.6. The Kier molecular flexibility index (Phi) is 5.30. The molecule has 2 aromatic rings. The number of aromatic nitrogens is 1. The van der Waals surface area contributed by atoms with E-state index in [-0.39, 0.29) is 10.6 Å². The molecule has 0 atom stereocenters. The Labute approximate surface area is 136 Å². The molecule has 1 heterocycles. The molecule has 0 unspecified atom stereocenters. The van der Waals surface area contributed by atoms with Crippen molar-refractivity contribution in [2.75, 3.05) is 11.1 Å². The number of halogens is 3. The van der Waals surface area contributed by atoms with Gasteiger partial charge in [-0.1, -0.05) is 23.9 Å². The zero-order valence-corrected chi connectivity index (χ0v) is 13.4. The lowest BCUT2D eigenvalue weighted by Gasteiger charge is -2.12. The number of amides is 1. The van der Waals surface area contributed by atoms with Crippen LogP contribution in [0.1, 0.15) is 21.5 Å². The van der Waals surface area contributed by atoms with Crippen LogP contribution in [0, 0.1) is 13.8 Å². The topological polar surface area (TPSA) is 42.0 Å². The summed E-state index contributed by atoms with van der Waals surface area (Å²) in [6.07, 6.45) is -2.95. The van der Waals surface area contributed by atoms with Gasteiger partial charge >= 0.3 is 6.18 Å². The average Bonchev–Trinajstić information content (AvgIpc) is 2.48. The van der Waals surface area contributed by atoms with E-state index in [1.54, 1.807) is 0 Å². The van der Waals surface area contributed by atoms with Gasteiger partial charge in [0.15, 0.2) is 0 Å². The molecule has 0 fully saturated rings. The van der Waals surface area contributed by atoms with E-state index >= 15 is 0 Å². The first-order valence-corrected chi connectivity index (χ1v) is 7.78. The fourth-order valence-corrected chi connectivity index (χ4v) is 2.64. The second-order valence-corrected chi connectivity index (χ2v) is 6.00. The maximum absolute atomic E-state index is 12.4. The molecule has 23 heavy (non-hydrogen) atoms. The van der Waals surface area contributed by atoms with Gasteiger partial charge in [0.1, 0.15) is 5.03 Å². The van der Waals surface area contributed by atoms with E-state index in [4.69, 9.17) is 0 Å². The number of rotatable bonds is 4. The summed E-state index contributed by atoms with van der Waals surface area (Å²) >= 11 is 0.503. The lowest BCUT2D eigenvalue weighted by molar-refractivity contribution is -0.105. The van der Waals surface area contributed by atoms with Gasteiger partial charge in [0, 0.05) is 11.9 Å². The highest BCUT2D eigenvalue weighted by Crippen LogP contribution is 2.28. The zero-order chi connectivity index (χ0) is 17.0. The molecule has 1 N–H and O–H groups in total. The van der Waals surface area contributed by atoms with Crippen molar-refractivity contribution < 1.29 is 18.0 Å². The highest BCUT2D eigenvalue weighted by Gasteiger charge is 2.28. The smallest absolute Gasteiger partial charge is 0.322 e. The first-order valence-electron chi connectivity index (χ1n) is 6.79. The van der Waals surface area contributed by atoms with Crippen molar-refractivity contribution in [2.45, 2.75) is 25.0 Å². The molecule has 0 aliphatic rings. The third-order valence-corrected chi connectivity index (χ3v) is 4.10. The van der Waals surface area contributed by atoms with Crippen molar-refractivity contribution in [2.24, 2.45) is 0 Å². The maximum Gasteiger partial charge on any atom is 0.398 e. The van der Waals surface area contributed by atoms with E-state index in [9.17, 15) is 18.0 Å². The van der Waals surface area contributed by atoms with Crippen LogP contribution in [0.3, 0.4) is 0 Å². The first-order chi connectivity index (χ1) is 10.8. The van der Waals surface area contributed by atoms with Gasteiger partial charge in [-0.3, -0.25) is 4.79 Å². The Balaban J connectivity index is 2.21. The second-order valence-electron chi connectivity index (χ2n) is 5.03. The Hall–Kier alpha value is -2.02. The molecule has 0 saturated carbocycles. The molecule has 0 aliphatic carbocycles. The number of thioether (sulfide) groups is 1. The summed E-state index contributed by atoms with van der Waals surface area (Å²) in [5, 5.41) is 2.79. The molecule has 0 bridgehead atoms. The fraction of sp³-hybridized carbons (Fsp3) is 0.250. The van der Waals surface area contributed by atoms with E-state index < -0.39 is 17.8 Å². The Bertz CT molecular complexity index is 717. The van der Waals surface area contributed by atoms with E-state index in [1.807, 2.05) is 32.0 Å². The Morgan fingerprint density at radius 3 is 2.70 bits per heavy atom. The molecule has 0 saturated heterocycles. The summed E-state index contributed by atoms with van der Waals surface area (Å²) in [7, 11) is 0. The number of nitrogens with one attached hydrogen (secondary N) is 1.